The fourth-order valence-corrected chi connectivity index (χ4v) is 2.45. The summed E-state index contributed by atoms with van der Waals surface area (Å²) < 4.78 is 5.48. The summed E-state index contributed by atoms with van der Waals surface area (Å²) in [5, 5.41) is 8.90. The molecule has 2 heterocycles. The zero-order valence-electron chi connectivity index (χ0n) is 11.8. The van der Waals surface area contributed by atoms with Crippen LogP contribution in [0.5, 0.6) is 5.88 Å². The molecule has 1 N–H and O–H groups in total. The Morgan fingerprint density at radius 1 is 1.55 bits per heavy atom. The highest BCUT2D eigenvalue weighted by atomic mass is 16.5. The fraction of sp³-hybridized carbons (Fsp3) is 0.643. The highest BCUT2D eigenvalue weighted by Crippen LogP contribution is 2.24. The second-order valence-electron chi connectivity index (χ2n) is 5.12. The molecule has 1 aliphatic rings. The number of piperidine rings is 1. The zero-order chi connectivity index (χ0) is 14.4. The summed E-state index contributed by atoms with van der Waals surface area (Å²) >= 11 is 0. The van der Waals surface area contributed by atoms with E-state index in [9.17, 15) is 4.79 Å². The molecule has 0 aliphatic carbocycles. The summed E-state index contributed by atoms with van der Waals surface area (Å²) in [5.41, 5.74) is 0. The van der Waals surface area contributed by atoms with E-state index in [4.69, 9.17) is 9.84 Å². The molecule has 0 amide bonds. The van der Waals surface area contributed by atoms with Gasteiger partial charge in [0.15, 0.2) is 5.82 Å². The van der Waals surface area contributed by atoms with Gasteiger partial charge < -0.3 is 14.7 Å². The van der Waals surface area contributed by atoms with Crippen molar-refractivity contribution in [2.75, 3.05) is 24.6 Å². The molecule has 1 fully saturated rings. The second-order valence-corrected chi connectivity index (χ2v) is 5.12. The summed E-state index contributed by atoms with van der Waals surface area (Å²) in [6.45, 7) is 4.28. The lowest BCUT2D eigenvalue weighted by molar-refractivity contribution is -0.138. The number of aliphatic carboxylic acids is 1. The molecule has 6 heteroatoms. The van der Waals surface area contributed by atoms with Gasteiger partial charge in [0.05, 0.1) is 19.0 Å². The molecule has 0 radical (unpaired) electrons. The number of hydrogen-bond donors (Lipinski definition) is 1. The largest absolute Gasteiger partial charge is 0.481 e. The first-order valence-corrected chi connectivity index (χ1v) is 7.10. The topological polar surface area (TPSA) is 75.5 Å². The number of hydrogen-bond acceptors (Lipinski definition) is 5. The molecule has 0 bridgehead atoms. The summed E-state index contributed by atoms with van der Waals surface area (Å²) in [5.74, 6) is 0.754. The highest BCUT2D eigenvalue weighted by molar-refractivity contribution is 5.67. The lowest BCUT2D eigenvalue weighted by Crippen LogP contribution is -2.36. The molecule has 110 valence electrons. The van der Waals surface area contributed by atoms with E-state index in [-0.39, 0.29) is 12.3 Å². The van der Waals surface area contributed by atoms with Crippen LogP contribution in [0.15, 0.2) is 12.4 Å². The zero-order valence-corrected chi connectivity index (χ0v) is 11.8. The minimum atomic E-state index is -0.733. The van der Waals surface area contributed by atoms with Gasteiger partial charge in [-0.2, -0.15) is 4.98 Å². The predicted octanol–water partition coefficient (Wildman–Crippen LogP) is 1.96. The third kappa shape index (κ3) is 4.08. The number of nitrogens with zero attached hydrogens (tertiary/aromatic N) is 3. The Kier molecular flexibility index (Phi) is 5.15. The Labute approximate surface area is 118 Å². The molecule has 0 spiro atoms. The number of carboxylic acids is 1. The van der Waals surface area contributed by atoms with Crippen LogP contribution in [0.2, 0.25) is 0 Å². The lowest BCUT2D eigenvalue weighted by atomic mass is 9.95. The van der Waals surface area contributed by atoms with Crippen LogP contribution >= 0.6 is 0 Å². The second kappa shape index (κ2) is 7.07. The Morgan fingerprint density at radius 3 is 3.15 bits per heavy atom. The molecule has 1 aromatic rings. The Balaban J connectivity index is 2.00. The third-order valence-electron chi connectivity index (χ3n) is 3.36. The molecule has 1 aliphatic heterocycles. The number of carboxylic acid groups (broad SMARTS) is 1. The van der Waals surface area contributed by atoms with Gasteiger partial charge in [-0.15, -0.1) is 0 Å². The van der Waals surface area contributed by atoms with Crippen molar-refractivity contribution in [1.82, 2.24) is 9.97 Å². The van der Waals surface area contributed by atoms with Crippen molar-refractivity contribution in [3.8, 4) is 5.88 Å². The Morgan fingerprint density at radius 2 is 2.40 bits per heavy atom. The molecule has 1 unspecified atom stereocenters. The normalized spacial score (nSPS) is 18.9. The number of carbonyl (C=O) groups is 1. The van der Waals surface area contributed by atoms with Crippen LogP contribution in [-0.2, 0) is 4.79 Å². The van der Waals surface area contributed by atoms with Crippen LogP contribution in [0.25, 0.3) is 0 Å². The van der Waals surface area contributed by atoms with E-state index in [0.717, 1.165) is 38.2 Å². The maximum absolute atomic E-state index is 10.8. The van der Waals surface area contributed by atoms with Crippen molar-refractivity contribution in [2.45, 2.75) is 32.6 Å². The SMILES string of the molecule is CCCOc1cncc(N2CCCC(CC(=O)O)C2)n1. The summed E-state index contributed by atoms with van der Waals surface area (Å²) in [6.07, 6.45) is 6.41. The standard InChI is InChI=1S/C14H21N3O3/c1-2-6-20-13-9-15-8-12(16-13)17-5-3-4-11(10-17)7-14(18)19/h8-9,11H,2-7,10H2,1H3,(H,18,19). The first-order valence-electron chi connectivity index (χ1n) is 7.10. The van der Waals surface area contributed by atoms with E-state index in [1.807, 2.05) is 6.92 Å². The van der Waals surface area contributed by atoms with E-state index >= 15 is 0 Å². The monoisotopic (exact) mass is 279 g/mol. The van der Waals surface area contributed by atoms with E-state index in [2.05, 4.69) is 14.9 Å². The van der Waals surface area contributed by atoms with Crippen molar-refractivity contribution < 1.29 is 14.6 Å². The number of ether oxygens (including phenoxy) is 1. The van der Waals surface area contributed by atoms with Crippen LogP contribution < -0.4 is 9.64 Å². The van der Waals surface area contributed by atoms with Crippen LogP contribution in [0.1, 0.15) is 32.6 Å². The molecule has 0 saturated carbocycles. The molecular weight excluding hydrogens is 258 g/mol. The maximum atomic E-state index is 10.8. The van der Waals surface area contributed by atoms with Crippen molar-refractivity contribution in [1.29, 1.82) is 0 Å². The molecule has 1 aromatic heterocycles. The average Bonchev–Trinajstić information content (AvgIpc) is 2.45. The molecule has 1 saturated heterocycles. The van der Waals surface area contributed by atoms with Crippen molar-refractivity contribution in [3.05, 3.63) is 12.4 Å². The van der Waals surface area contributed by atoms with Gasteiger partial charge >= 0.3 is 5.97 Å². The number of rotatable bonds is 6. The smallest absolute Gasteiger partial charge is 0.303 e. The van der Waals surface area contributed by atoms with Crippen LogP contribution in [0.4, 0.5) is 5.82 Å². The van der Waals surface area contributed by atoms with Gasteiger partial charge in [0.2, 0.25) is 5.88 Å². The van der Waals surface area contributed by atoms with E-state index in [1.165, 1.54) is 0 Å². The highest BCUT2D eigenvalue weighted by Gasteiger charge is 2.23. The van der Waals surface area contributed by atoms with Crippen LogP contribution in [0, 0.1) is 5.92 Å². The quantitative estimate of drug-likeness (QED) is 0.858. The van der Waals surface area contributed by atoms with E-state index in [0.29, 0.717) is 12.5 Å². The van der Waals surface area contributed by atoms with E-state index in [1.54, 1.807) is 12.4 Å². The van der Waals surface area contributed by atoms with E-state index < -0.39 is 5.97 Å². The van der Waals surface area contributed by atoms with Gasteiger partial charge in [-0.25, -0.2) is 0 Å². The predicted molar refractivity (Wildman–Crippen MR) is 75.0 cm³/mol. The Hall–Kier alpha value is -1.85. The number of anilines is 1. The molecule has 2 rings (SSSR count). The van der Waals surface area contributed by atoms with Crippen LogP contribution in [0.3, 0.4) is 0 Å². The van der Waals surface area contributed by atoms with Crippen molar-refractivity contribution >= 4 is 11.8 Å². The van der Waals surface area contributed by atoms with Crippen LogP contribution in [-0.4, -0.2) is 40.7 Å². The maximum Gasteiger partial charge on any atom is 0.303 e. The van der Waals surface area contributed by atoms with Gasteiger partial charge in [-0.1, -0.05) is 6.92 Å². The first-order chi connectivity index (χ1) is 9.69. The van der Waals surface area contributed by atoms with Crippen molar-refractivity contribution in [2.24, 2.45) is 5.92 Å². The minimum Gasteiger partial charge on any atom is -0.481 e. The summed E-state index contributed by atoms with van der Waals surface area (Å²) in [7, 11) is 0. The molecule has 0 aromatic carbocycles. The molecule has 20 heavy (non-hydrogen) atoms. The van der Waals surface area contributed by atoms with Gasteiger partial charge in [-0.3, -0.25) is 9.78 Å². The molecular formula is C14H21N3O3. The fourth-order valence-electron chi connectivity index (χ4n) is 2.45. The van der Waals surface area contributed by atoms with Gasteiger partial charge in [0.1, 0.15) is 0 Å². The Bertz CT molecular complexity index is 453. The lowest BCUT2D eigenvalue weighted by Gasteiger charge is -2.32. The summed E-state index contributed by atoms with van der Waals surface area (Å²) in [6, 6.07) is 0. The minimum absolute atomic E-state index is 0.184. The van der Waals surface area contributed by atoms with Gasteiger partial charge in [-0.05, 0) is 25.2 Å². The molecule has 1 atom stereocenters. The number of aromatic nitrogens is 2. The van der Waals surface area contributed by atoms with Gasteiger partial charge in [0.25, 0.3) is 0 Å². The first kappa shape index (κ1) is 14.6. The third-order valence-corrected chi connectivity index (χ3v) is 3.36. The average molecular weight is 279 g/mol. The molecule has 6 nitrogen and oxygen atoms in total. The summed E-state index contributed by atoms with van der Waals surface area (Å²) in [4.78, 5) is 21.5. The van der Waals surface area contributed by atoms with Gasteiger partial charge in [0, 0.05) is 19.5 Å². The van der Waals surface area contributed by atoms with Crippen molar-refractivity contribution in [3.63, 3.8) is 0 Å².